The Hall–Kier alpha value is -1.75. The van der Waals surface area contributed by atoms with Gasteiger partial charge in [0.05, 0.1) is 75.9 Å². The lowest BCUT2D eigenvalue weighted by molar-refractivity contribution is 0.0218. The van der Waals surface area contributed by atoms with Gasteiger partial charge in [-0.15, -0.1) is 0 Å². The van der Waals surface area contributed by atoms with Crippen molar-refractivity contribution in [3.63, 3.8) is 0 Å². The van der Waals surface area contributed by atoms with Gasteiger partial charge in [0.2, 0.25) is 33.1 Å². The minimum Gasteiger partial charge on any atom is -0.505 e. The lowest BCUT2D eigenvalue weighted by Gasteiger charge is -2.38. The summed E-state index contributed by atoms with van der Waals surface area (Å²) >= 11 is 9.47. The highest BCUT2D eigenvalue weighted by atomic mass is 79.9. The molecule has 2 aliphatic rings. The quantitative estimate of drug-likeness (QED) is 0.281. The predicted octanol–water partition coefficient (Wildman–Crippen LogP) is 4.00. The molecule has 0 radical (unpaired) electrons. The molecule has 3 aromatic rings. The van der Waals surface area contributed by atoms with Gasteiger partial charge < -0.3 is 19.7 Å². The molecule has 41 heavy (non-hydrogen) atoms. The molecule has 0 saturated heterocycles. The number of fused-ring (bicyclic) bond motifs is 6. The second-order valence-electron chi connectivity index (χ2n) is 8.33. The SMILES string of the molecule is O=C1OC2(c3ccccc31)c1cc(S(=O)(=O)Br)c(O)c(S(=O)(=O)Br)c1Oc1c2cc(S(=O)(=O)Br)c(O)c1S(=O)(=O)Br. The average molecular weight is 904 g/mol. The number of ether oxygens (including phenoxy) is 2. The Balaban J connectivity index is 2.16. The smallest absolute Gasteiger partial charge is 0.340 e. The van der Waals surface area contributed by atoms with Crippen molar-refractivity contribution in [3.8, 4) is 23.0 Å². The molecule has 0 bridgehead atoms. The van der Waals surface area contributed by atoms with E-state index < -0.39 is 98.4 Å². The number of phenolic OH excluding ortho intramolecular Hbond substituents is 2. The Labute approximate surface area is 261 Å². The molecule has 0 fully saturated rings. The first kappa shape index (κ1) is 30.7. The van der Waals surface area contributed by atoms with Crippen LogP contribution in [0.2, 0.25) is 0 Å². The van der Waals surface area contributed by atoms with Crippen LogP contribution in [0.5, 0.6) is 23.0 Å². The van der Waals surface area contributed by atoms with E-state index >= 15 is 0 Å². The lowest BCUT2D eigenvalue weighted by atomic mass is 9.77. The summed E-state index contributed by atoms with van der Waals surface area (Å²) in [5.74, 6) is -5.58. The Morgan fingerprint density at radius 1 is 0.634 bits per heavy atom. The monoisotopic (exact) mass is 900 g/mol. The van der Waals surface area contributed by atoms with E-state index in [9.17, 15) is 48.7 Å². The summed E-state index contributed by atoms with van der Waals surface area (Å²) in [6, 6.07) is 6.86. The van der Waals surface area contributed by atoms with Crippen LogP contribution in [0.4, 0.5) is 0 Å². The molecule has 0 aliphatic carbocycles. The Bertz CT molecular complexity index is 2070. The summed E-state index contributed by atoms with van der Waals surface area (Å²) < 4.78 is 113. The topological polar surface area (TPSA) is 213 Å². The van der Waals surface area contributed by atoms with Crippen LogP contribution in [0.15, 0.2) is 56.0 Å². The number of hydrogen-bond donors (Lipinski definition) is 2. The molecule has 13 nitrogen and oxygen atoms in total. The Morgan fingerprint density at radius 3 is 1.44 bits per heavy atom. The van der Waals surface area contributed by atoms with Crippen LogP contribution < -0.4 is 4.74 Å². The molecule has 1 spiro atoms. The molecule has 2 heterocycles. The maximum absolute atomic E-state index is 13.1. The zero-order valence-electron chi connectivity index (χ0n) is 19.0. The summed E-state index contributed by atoms with van der Waals surface area (Å²) in [4.78, 5) is 8.67. The van der Waals surface area contributed by atoms with E-state index in [0.717, 1.165) is 0 Å². The minimum atomic E-state index is -4.80. The minimum absolute atomic E-state index is 0.112. The van der Waals surface area contributed by atoms with Gasteiger partial charge in [0.15, 0.2) is 38.4 Å². The Morgan fingerprint density at radius 2 is 1.05 bits per heavy atom. The number of aromatic hydroxyl groups is 2. The number of rotatable bonds is 4. The molecule has 0 amide bonds. The van der Waals surface area contributed by atoms with Crippen molar-refractivity contribution < 1.29 is 58.2 Å². The molecule has 218 valence electrons. The van der Waals surface area contributed by atoms with Crippen molar-refractivity contribution in [2.45, 2.75) is 25.2 Å². The normalized spacial score (nSPS) is 16.0. The van der Waals surface area contributed by atoms with E-state index in [0.29, 0.717) is 12.1 Å². The van der Waals surface area contributed by atoms with Crippen LogP contribution in [0.25, 0.3) is 0 Å². The van der Waals surface area contributed by atoms with Crippen molar-refractivity contribution in [1.29, 1.82) is 0 Å². The fourth-order valence-electron chi connectivity index (χ4n) is 4.63. The van der Waals surface area contributed by atoms with Crippen LogP contribution in [-0.4, -0.2) is 49.9 Å². The molecule has 21 heteroatoms. The first-order valence-corrected chi connectivity index (χ1v) is 23.5. The fraction of sp³-hybridized carbons (Fsp3) is 0.0500. The van der Waals surface area contributed by atoms with Crippen molar-refractivity contribution in [3.05, 3.63) is 58.7 Å². The highest BCUT2D eigenvalue weighted by molar-refractivity contribution is 9.48. The average Bonchev–Trinajstić information content (AvgIpc) is 3.08. The third-order valence-corrected chi connectivity index (χ3v) is 13.5. The van der Waals surface area contributed by atoms with Crippen LogP contribution in [0, 0.1) is 0 Å². The molecule has 3 aromatic carbocycles. The van der Waals surface area contributed by atoms with Crippen LogP contribution in [-0.2, 0) is 43.4 Å². The van der Waals surface area contributed by atoms with Gasteiger partial charge in [-0.2, -0.15) is 0 Å². The van der Waals surface area contributed by atoms with Gasteiger partial charge in [-0.3, -0.25) is 0 Å². The number of phenols is 2. The molecule has 5 rings (SSSR count). The number of esters is 1. The van der Waals surface area contributed by atoms with Gasteiger partial charge in [-0.25, -0.2) is 38.5 Å². The first-order valence-electron chi connectivity index (χ1n) is 10.2. The highest BCUT2D eigenvalue weighted by Crippen LogP contribution is 2.63. The number of halogens is 4. The van der Waals surface area contributed by atoms with Gasteiger partial charge in [0.25, 0.3) is 0 Å². The second-order valence-corrected chi connectivity index (χ2v) is 23.8. The molecule has 0 atom stereocenters. The molecule has 2 aliphatic heterocycles. The molecular formula is C20H8Br4O13S4. The zero-order chi connectivity index (χ0) is 30.7. The molecule has 2 N–H and O–H groups in total. The summed E-state index contributed by atoms with van der Waals surface area (Å²) in [5.41, 5.74) is -3.85. The van der Waals surface area contributed by atoms with Crippen LogP contribution >= 0.6 is 59.3 Å². The van der Waals surface area contributed by atoms with Gasteiger partial charge in [-0.1, -0.05) is 18.2 Å². The first-order chi connectivity index (χ1) is 18.6. The molecule has 0 saturated carbocycles. The number of hydrogen-bond acceptors (Lipinski definition) is 13. The van der Waals surface area contributed by atoms with Gasteiger partial charge in [-0.05, 0) is 18.2 Å². The van der Waals surface area contributed by atoms with E-state index in [1.807, 2.05) is 0 Å². The van der Waals surface area contributed by atoms with Crippen molar-refractivity contribution in [1.82, 2.24) is 0 Å². The van der Waals surface area contributed by atoms with Crippen molar-refractivity contribution in [2.24, 2.45) is 0 Å². The van der Waals surface area contributed by atoms with E-state index in [1.165, 1.54) is 24.3 Å². The summed E-state index contributed by atoms with van der Waals surface area (Å²) in [6.07, 6.45) is 0. The molecular weight excluding hydrogens is 896 g/mol. The van der Waals surface area contributed by atoms with Crippen LogP contribution in [0.1, 0.15) is 27.0 Å². The Kier molecular flexibility index (Phi) is 7.02. The number of benzene rings is 3. The van der Waals surface area contributed by atoms with Gasteiger partial charge in [0.1, 0.15) is 9.79 Å². The van der Waals surface area contributed by atoms with E-state index in [1.54, 1.807) is 0 Å². The zero-order valence-corrected chi connectivity index (χ0v) is 28.6. The van der Waals surface area contributed by atoms with Crippen molar-refractivity contribution in [2.75, 3.05) is 0 Å². The van der Waals surface area contributed by atoms with Crippen molar-refractivity contribution >= 4 is 98.3 Å². The number of carbonyl (C=O) groups excluding carboxylic acids is 1. The third kappa shape index (κ3) is 4.62. The standard InChI is InChI=1S/C20H8Br4O13S4/c21-38(28,29)11-5-9-15(17(13(11)25)40(23,32)33)36-16-10(20(9)8-4-2-1-3-7(8)19(27)37-20)6-12(39(22,30)31)14(26)18(16)41(24,34)35/h1-6,25-26H. The van der Waals surface area contributed by atoms with E-state index in [-0.39, 0.29) is 11.1 Å². The highest BCUT2D eigenvalue weighted by Gasteiger charge is 2.57. The van der Waals surface area contributed by atoms with Gasteiger partial charge in [0, 0.05) is 5.56 Å². The summed E-state index contributed by atoms with van der Waals surface area (Å²) in [5, 5.41) is 21.6. The van der Waals surface area contributed by atoms with Gasteiger partial charge >= 0.3 is 5.97 Å². The van der Waals surface area contributed by atoms with E-state index in [4.69, 9.17) is 9.47 Å². The van der Waals surface area contributed by atoms with Crippen LogP contribution in [0.3, 0.4) is 0 Å². The molecule has 0 aromatic heterocycles. The summed E-state index contributed by atoms with van der Waals surface area (Å²) in [6.45, 7) is 0. The molecule has 0 unspecified atom stereocenters. The predicted molar refractivity (Wildman–Crippen MR) is 152 cm³/mol. The maximum atomic E-state index is 13.1. The number of carbonyl (C=O) groups is 1. The lowest BCUT2D eigenvalue weighted by Crippen LogP contribution is -2.34. The summed E-state index contributed by atoms with van der Waals surface area (Å²) in [7, 11) is -18.8. The largest absolute Gasteiger partial charge is 0.505 e. The van der Waals surface area contributed by atoms with E-state index in [2.05, 4.69) is 59.3 Å². The maximum Gasteiger partial charge on any atom is 0.340 e. The third-order valence-electron chi connectivity index (χ3n) is 6.10. The fourth-order valence-corrected chi connectivity index (χ4v) is 10.7. The second kappa shape index (κ2) is 9.37.